The van der Waals surface area contributed by atoms with Gasteiger partial charge in [0.1, 0.15) is 0 Å². The minimum absolute atomic E-state index is 0.249. The number of hydrogen-bond donors (Lipinski definition) is 1. The fraction of sp³-hybridized carbons (Fsp3) is 0.600. The monoisotopic (exact) mass is 217 g/mol. The van der Waals surface area contributed by atoms with E-state index in [9.17, 15) is 0 Å². The van der Waals surface area contributed by atoms with Crippen molar-refractivity contribution < 1.29 is 0 Å². The molecule has 1 heteroatoms. The third-order valence-corrected chi connectivity index (χ3v) is 3.79. The average molecular weight is 217 g/mol. The molecule has 0 bridgehead atoms. The summed E-state index contributed by atoms with van der Waals surface area (Å²) in [5, 5.41) is 0. The highest BCUT2D eigenvalue weighted by Crippen LogP contribution is 2.33. The molecule has 1 aliphatic carbocycles. The van der Waals surface area contributed by atoms with Gasteiger partial charge in [-0.2, -0.15) is 0 Å². The summed E-state index contributed by atoms with van der Waals surface area (Å²) in [7, 11) is 0. The largest absolute Gasteiger partial charge is 0.324 e. The average Bonchev–Trinajstić information content (AvgIpc) is 2.28. The third-order valence-electron chi connectivity index (χ3n) is 3.79. The van der Waals surface area contributed by atoms with Gasteiger partial charge in [-0.15, -0.1) is 0 Å². The zero-order valence-corrected chi connectivity index (χ0v) is 10.5. The summed E-state index contributed by atoms with van der Waals surface area (Å²) in [6.45, 7) is 4.31. The summed E-state index contributed by atoms with van der Waals surface area (Å²) >= 11 is 0. The van der Waals surface area contributed by atoms with Crippen LogP contribution in [0.5, 0.6) is 0 Å². The molecule has 16 heavy (non-hydrogen) atoms. The maximum absolute atomic E-state index is 6.41. The van der Waals surface area contributed by atoms with Crippen molar-refractivity contribution in [3.8, 4) is 0 Å². The Morgan fingerprint density at radius 2 is 1.56 bits per heavy atom. The highest BCUT2D eigenvalue weighted by molar-refractivity contribution is 5.30. The lowest BCUT2D eigenvalue weighted by atomic mass is 9.81. The molecule has 0 amide bonds. The van der Waals surface area contributed by atoms with Gasteiger partial charge in [0.2, 0.25) is 0 Å². The van der Waals surface area contributed by atoms with Crippen LogP contribution in [0, 0.1) is 19.8 Å². The van der Waals surface area contributed by atoms with E-state index in [2.05, 4.69) is 32.0 Å². The van der Waals surface area contributed by atoms with Crippen LogP contribution in [0.1, 0.15) is 54.8 Å². The summed E-state index contributed by atoms with van der Waals surface area (Å²) in [4.78, 5) is 0. The molecule has 2 N–H and O–H groups in total. The number of nitrogens with two attached hydrogens (primary N) is 1. The van der Waals surface area contributed by atoms with E-state index in [4.69, 9.17) is 5.73 Å². The summed E-state index contributed by atoms with van der Waals surface area (Å²) in [5.41, 5.74) is 10.4. The standard InChI is InChI=1S/C15H23N/c1-11-8-12(2)10-14(9-11)15(16)13-6-4-3-5-7-13/h8-10,13,15H,3-7,16H2,1-2H3/t15-/m1/s1. The topological polar surface area (TPSA) is 26.0 Å². The van der Waals surface area contributed by atoms with E-state index in [1.807, 2.05) is 0 Å². The molecule has 0 saturated heterocycles. The molecular formula is C15H23N. The summed E-state index contributed by atoms with van der Waals surface area (Å²) in [6.07, 6.45) is 6.75. The number of hydrogen-bond acceptors (Lipinski definition) is 1. The molecule has 1 saturated carbocycles. The van der Waals surface area contributed by atoms with Crippen molar-refractivity contribution in [1.29, 1.82) is 0 Å². The SMILES string of the molecule is Cc1cc(C)cc([C@H](N)C2CCCCC2)c1. The second kappa shape index (κ2) is 5.01. The van der Waals surface area contributed by atoms with Crippen molar-refractivity contribution in [3.05, 3.63) is 34.9 Å². The first-order chi connectivity index (χ1) is 7.66. The smallest absolute Gasteiger partial charge is 0.0323 e. The van der Waals surface area contributed by atoms with Crippen LogP contribution in [-0.4, -0.2) is 0 Å². The molecule has 0 heterocycles. The van der Waals surface area contributed by atoms with Crippen molar-refractivity contribution in [1.82, 2.24) is 0 Å². The molecule has 1 aromatic rings. The van der Waals surface area contributed by atoms with Gasteiger partial charge in [-0.1, -0.05) is 48.6 Å². The second-order valence-corrected chi connectivity index (χ2v) is 5.34. The first-order valence-corrected chi connectivity index (χ1v) is 6.50. The summed E-state index contributed by atoms with van der Waals surface area (Å²) < 4.78 is 0. The molecule has 1 nitrogen and oxygen atoms in total. The van der Waals surface area contributed by atoms with Crippen molar-refractivity contribution >= 4 is 0 Å². The lowest BCUT2D eigenvalue weighted by Gasteiger charge is -2.28. The van der Waals surface area contributed by atoms with Crippen LogP contribution in [0.3, 0.4) is 0 Å². The second-order valence-electron chi connectivity index (χ2n) is 5.34. The van der Waals surface area contributed by atoms with E-state index in [1.54, 1.807) is 0 Å². The van der Waals surface area contributed by atoms with Gasteiger partial charge in [0.25, 0.3) is 0 Å². The van der Waals surface area contributed by atoms with Crippen molar-refractivity contribution in [2.45, 2.75) is 52.0 Å². The van der Waals surface area contributed by atoms with Crippen LogP contribution in [0.4, 0.5) is 0 Å². The summed E-state index contributed by atoms with van der Waals surface area (Å²) in [6, 6.07) is 6.98. The van der Waals surface area contributed by atoms with Gasteiger partial charge in [-0.3, -0.25) is 0 Å². The van der Waals surface area contributed by atoms with Crippen molar-refractivity contribution in [2.24, 2.45) is 11.7 Å². The molecule has 0 aromatic heterocycles. The minimum Gasteiger partial charge on any atom is -0.324 e. The highest BCUT2D eigenvalue weighted by atomic mass is 14.7. The normalized spacial score (nSPS) is 19.7. The molecule has 88 valence electrons. The van der Waals surface area contributed by atoms with Crippen molar-refractivity contribution in [2.75, 3.05) is 0 Å². The van der Waals surface area contributed by atoms with Crippen LogP contribution in [-0.2, 0) is 0 Å². The van der Waals surface area contributed by atoms with Crippen molar-refractivity contribution in [3.63, 3.8) is 0 Å². The lowest BCUT2D eigenvalue weighted by Crippen LogP contribution is -2.23. The van der Waals surface area contributed by atoms with Gasteiger partial charge < -0.3 is 5.73 Å². The maximum Gasteiger partial charge on any atom is 0.0323 e. The third kappa shape index (κ3) is 2.65. The molecule has 0 aliphatic heterocycles. The Hall–Kier alpha value is -0.820. The van der Waals surface area contributed by atoms with E-state index in [0.29, 0.717) is 5.92 Å². The fourth-order valence-electron chi connectivity index (χ4n) is 2.97. The Labute approximate surface area is 99.0 Å². The molecular weight excluding hydrogens is 194 g/mol. The van der Waals surface area contributed by atoms with Gasteiger partial charge in [-0.05, 0) is 38.2 Å². The van der Waals surface area contributed by atoms with E-state index >= 15 is 0 Å². The first kappa shape index (κ1) is 11.7. The van der Waals surface area contributed by atoms with Gasteiger partial charge in [0, 0.05) is 6.04 Å². The molecule has 1 aromatic carbocycles. The highest BCUT2D eigenvalue weighted by Gasteiger charge is 2.21. The van der Waals surface area contributed by atoms with E-state index in [-0.39, 0.29) is 6.04 Å². The zero-order chi connectivity index (χ0) is 11.5. The molecule has 1 atom stereocenters. The lowest BCUT2D eigenvalue weighted by molar-refractivity contribution is 0.308. The van der Waals surface area contributed by atoms with Crippen LogP contribution in [0.2, 0.25) is 0 Å². The van der Waals surface area contributed by atoms with E-state index in [0.717, 1.165) is 0 Å². The van der Waals surface area contributed by atoms with Crippen LogP contribution in [0.25, 0.3) is 0 Å². The molecule has 0 unspecified atom stereocenters. The fourth-order valence-corrected chi connectivity index (χ4v) is 2.97. The van der Waals surface area contributed by atoms with Crippen LogP contribution < -0.4 is 5.73 Å². The Bertz CT molecular complexity index is 330. The molecule has 1 aliphatic rings. The number of benzene rings is 1. The van der Waals surface area contributed by atoms with Gasteiger partial charge in [0.05, 0.1) is 0 Å². The van der Waals surface area contributed by atoms with E-state index < -0.39 is 0 Å². The number of rotatable bonds is 2. The number of aryl methyl sites for hydroxylation is 2. The van der Waals surface area contributed by atoms with E-state index in [1.165, 1.54) is 48.8 Å². The Morgan fingerprint density at radius 1 is 1.00 bits per heavy atom. The zero-order valence-electron chi connectivity index (χ0n) is 10.5. The predicted octanol–water partition coefficient (Wildman–Crippen LogP) is 3.88. The minimum atomic E-state index is 0.249. The molecule has 2 rings (SSSR count). The Balaban J connectivity index is 2.15. The first-order valence-electron chi connectivity index (χ1n) is 6.50. The molecule has 1 fully saturated rings. The van der Waals surface area contributed by atoms with Crippen LogP contribution >= 0.6 is 0 Å². The predicted molar refractivity (Wildman–Crippen MR) is 69.4 cm³/mol. The Morgan fingerprint density at radius 3 is 2.12 bits per heavy atom. The molecule has 0 spiro atoms. The maximum atomic E-state index is 6.41. The van der Waals surface area contributed by atoms with Gasteiger partial charge in [-0.25, -0.2) is 0 Å². The van der Waals surface area contributed by atoms with Gasteiger partial charge in [0.15, 0.2) is 0 Å². The Kier molecular flexibility index (Phi) is 3.65. The summed E-state index contributed by atoms with van der Waals surface area (Å²) in [5.74, 6) is 0.704. The van der Waals surface area contributed by atoms with Crippen LogP contribution in [0.15, 0.2) is 18.2 Å². The quantitative estimate of drug-likeness (QED) is 0.799. The molecule has 0 radical (unpaired) electrons. The van der Waals surface area contributed by atoms with Gasteiger partial charge >= 0.3 is 0 Å².